The first-order chi connectivity index (χ1) is 13.0. The fraction of sp³-hybridized carbons (Fsp3) is 0.400. The van der Waals surface area contributed by atoms with Gasteiger partial charge < -0.3 is 9.84 Å². The Balaban J connectivity index is 1.31. The molecule has 2 aromatic rings. The van der Waals surface area contributed by atoms with Gasteiger partial charge in [-0.15, -0.1) is 0 Å². The van der Waals surface area contributed by atoms with Crippen molar-refractivity contribution in [2.45, 2.75) is 18.9 Å². The molecule has 0 bridgehead atoms. The number of ether oxygens (including phenoxy) is 1. The van der Waals surface area contributed by atoms with Crippen molar-refractivity contribution in [3.8, 4) is 11.5 Å². The number of fused-ring (bicyclic) bond motifs is 1. The maximum atomic E-state index is 13.8. The zero-order chi connectivity index (χ0) is 19.0. The van der Waals surface area contributed by atoms with E-state index in [1.807, 2.05) is 0 Å². The molecule has 1 N–H and O–H groups in total. The molecule has 2 heterocycles. The van der Waals surface area contributed by atoms with Crippen molar-refractivity contribution < 1.29 is 23.4 Å². The number of carbonyl (C=O) groups excluding carboxylic acids is 1. The summed E-state index contributed by atoms with van der Waals surface area (Å²) in [5.41, 5.74) is 0.340. The Labute approximate surface area is 155 Å². The van der Waals surface area contributed by atoms with Gasteiger partial charge in [-0.05, 0) is 48.9 Å². The molecule has 4 rings (SSSR count). The molecule has 1 aliphatic heterocycles. The van der Waals surface area contributed by atoms with E-state index in [1.54, 1.807) is 0 Å². The molecule has 1 aromatic heterocycles. The number of ketones is 1. The van der Waals surface area contributed by atoms with E-state index in [0.717, 1.165) is 32.0 Å². The number of Topliss-reactive ketones (excluding diaryl/α,β-unsaturated/α-hetero) is 1. The number of benzene rings is 1. The van der Waals surface area contributed by atoms with E-state index in [1.165, 1.54) is 30.5 Å². The van der Waals surface area contributed by atoms with E-state index < -0.39 is 11.6 Å². The zero-order valence-electron chi connectivity index (χ0n) is 14.6. The minimum absolute atomic E-state index is 0.0306. The largest absolute Gasteiger partial charge is 0.506 e. The second kappa shape index (κ2) is 7.23. The highest BCUT2D eigenvalue weighted by Crippen LogP contribution is 2.40. The summed E-state index contributed by atoms with van der Waals surface area (Å²) in [4.78, 5) is 18.4. The summed E-state index contributed by atoms with van der Waals surface area (Å²) in [6.45, 7) is 1.84. The Morgan fingerprint density at radius 2 is 1.93 bits per heavy atom. The van der Waals surface area contributed by atoms with Crippen LogP contribution < -0.4 is 4.74 Å². The molecule has 1 aliphatic carbocycles. The van der Waals surface area contributed by atoms with Crippen LogP contribution in [-0.2, 0) is 0 Å². The summed E-state index contributed by atoms with van der Waals surface area (Å²) < 4.78 is 32.8. The van der Waals surface area contributed by atoms with E-state index in [0.29, 0.717) is 17.5 Å². The molecule has 3 atom stereocenters. The van der Waals surface area contributed by atoms with Gasteiger partial charge in [0.2, 0.25) is 5.82 Å². The van der Waals surface area contributed by atoms with Crippen LogP contribution in [0.4, 0.5) is 8.78 Å². The van der Waals surface area contributed by atoms with Crippen molar-refractivity contribution in [2.75, 3.05) is 19.6 Å². The standard InChI is InChI=1S/C20H20F2N2O3/c21-16-2-1-3-19(20(16)22)27-15-6-12-9-24(10-13(12)7-15)11-18(26)17-5-4-14(25)8-23-17/h1-5,8,12-13,15,25H,6-7,9-11H2/t12-,13+,15?. The first-order valence-electron chi connectivity index (χ1n) is 9.01. The van der Waals surface area contributed by atoms with Gasteiger partial charge >= 0.3 is 0 Å². The van der Waals surface area contributed by atoms with Crippen LogP contribution in [0.5, 0.6) is 11.5 Å². The molecule has 1 saturated heterocycles. The average molecular weight is 374 g/mol. The van der Waals surface area contributed by atoms with Crippen molar-refractivity contribution in [2.24, 2.45) is 11.8 Å². The lowest BCUT2D eigenvalue weighted by Crippen LogP contribution is -2.30. The Morgan fingerprint density at radius 3 is 2.59 bits per heavy atom. The normalized spacial score (nSPS) is 24.7. The van der Waals surface area contributed by atoms with E-state index in [9.17, 15) is 18.7 Å². The number of likely N-dealkylation sites (tertiary alicyclic amines) is 1. The van der Waals surface area contributed by atoms with E-state index in [-0.39, 0.29) is 29.9 Å². The highest BCUT2D eigenvalue weighted by Gasteiger charge is 2.42. The van der Waals surface area contributed by atoms with Crippen LogP contribution in [0.1, 0.15) is 23.3 Å². The van der Waals surface area contributed by atoms with Crippen LogP contribution >= 0.6 is 0 Å². The molecule has 5 nitrogen and oxygen atoms in total. The summed E-state index contributed by atoms with van der Waals surface area (Å²) in [5.74, 6) is -1.17. The van der Waals surface area contributed by atoms with E-state index in [2.05, 4.69) is 9.88 Å². The van der Waals surface area contributed by atoms with Crippen LogP contribution in [0, 0.1) is 23.5 Å². The van der Waals surface area contributed by atoms with Gasteiger partial charge in [0.05, 0.1) is 18.8 Å². The first-order valence-corrected chi connectivity index (χ1v) is 9.01. The van der Waals surface area contributed by atoms with Crippen molar-refractivity contribution in [3.05, 3.63) is 53.9 Å². The average Bonchev–Trinajstić information content (AvgIpc) is 3.17. The predicted octanol–water partition coefficient (Wildman–Crippen LogP) is 3.04. The molecule has 1 saturated carbocycles. The number of aromatic nitrogens is 1. The quantitative estimate of drug-likeness (QED) is 0.815. The first kappa shape index (κ1) is 17.9. The summed E-state index contributed by atoms with van der Waals surface area (Å²) in [7, 11) is 0. The Hall–Kier alpha value is -2.54. The number of pyridine rings is 1. The molecule has 1 aromatic carbocycles. The molecule has 0 spiro atoms. The zero-order valence-corrected chi connectivity index (χ0v) is 14.6. The Kier molecular flexibility index (Phi) is 4.78. The molecule has 0 amide bonds. The summed E-state index contributed by atoms with van der Waals surface area (Å²) in [5, 5.41) is 9.25. The van der Waals surface area contributed by atoms with Gasteiger partial charge in [-0.25, -0.2) is 9.37 Å². The van der Waals surface area contributed by atoms with Gasteiger partial charge in [0.15, 0.2) is 17.3 Å². The van der Waals surface area contributed by atoms with Gasteiger partial charge in [0, 0.05) is 13.1 Å². The minimum atomic E-state index is -0.941. The number of hydrogen-bond donors (Lipinski definition) is 1. The van der Waals surface area contributed by atoms with Gasteiger partial charge in [-0.1, -0.05) is 6.07 Å². The van der Waals surface area contributed by atoms with Crippen LogP contribution in [-0.4, -0.2) is 46.5 Å². The number of rotatable bonds is 5. The van der Waals surface area contributed by atoms with Gasteiger partial charge in [0.25, 0.3) is 0 Å². The van der Waals surface area contributed by atoms with Crippen molar-refractivity contribution >= 4 is 5.78 Å². The number of hydrogen-bond acceptors (Lipinski definition) is 5. The fourth-order valence-electron chi connectivity index (χ4n) is 4.16. The van der Waals surface area contributed by atoms with Crippen LogP contribution in [0.3, 0.4) is 0 Å². The van der Waals surface area contributed by atoms with Crippen LogP contribution in [0.25, 0.3) is 0 Å². The third-order valence-corrected chi connectivity index (χ3v) is 5.39. The topological polar surface area (TPSA) is 62.7 Å². The Bertz CT molecular complexity index is 830. The molecule has 142 valence electrons. The number of halogens is 2. The molecule has 27 heavy (non-hydrogen) atoms. The molecular weight excluding hydrogens is 354 g/mol. The maximum absolute atomic E-state index is 13.8. The number of aromatic hydroxyl groups is 1. The van der Waals surface area contributed by atoms with Gasteiger partial charge in [0.1, 0.15) is 11.4 Å². The SMILES string of the molecule is O=C(CN1C[C@H]2CC(Oc3cccc(F)c3F)C[C@H]2C1)c1ccc(O)cn1. The van der Waals surface area contributed by atoms with Gasteiger partial charge in [-0.3, -0.25) is 9.69 Å². The molecule has 1 unspecified atom stereocenters. The maximum Gasteiger partial charge on any atom is 0.200 e. The fourth-order valence-corrected chi connectivity index (χ4v) is 4.16. The lowest BCUT2D eigenvalue weighted by Gasteiger charge is -2.19. The van der Waals surface area contributed by atoms with Crippen molar-refractivity contribution in [1.82, 2.24) is 9.88 Å². The summed E-state index contributed by atoms with van der Waals surface area (Å²) in [6.07, 6.45) is 2.67. The van der Waals surface area contributed by atoms with E-state index in [4.69, 9.17) is 4.74 Å². The molecule has 2 fully saturated rings. The van der Waals surface area contributed by atoms with Crippen molar-refractivity contribution in [1.29, 1.82) is 0 Å². The van der Waals surface area contributed by atoms with Gasteiger partial charge in [-0.2, -0.15) is 4.39 Å². The summed E-state index contributed by atoms with van der Waals surface area (Å²) >= 11 is 0. The molecule has 0 radical (unpaired) electrons. The predicted molar refractivity (Wildman–Crippen MR) is 93.7 cm³/mol. The number of nitrogens with zero attached hydrogens (tertiary/aromatic N) is 2. The highest BCUT2D eigenvalue weighted by molar-refractivity contribution is 5.95. The number of carbonyl (C=O) groups is 1. The molecular formula is C20H20F2N2O3. The minimum Gasteiger partial charge on any atom is -0.506 e. The lowest BCUT2D eigenvalue weighted by atomic mass is 10.0. The highest BCUT2D eigenvalue weighted by atomic mass is 19.2. The second-order valence-electron chi connectivity index (χ2n) is 7.30. The van der Waals surface area contributed by atoms with E-state index >= 15 is 0 Å². The van der Waals surface area contributed by atoms with Crippen molar-refractivity contribution in [3.63, 3.8) is 0 Å². The second-order valence-corrected chi connectivity index (χ2v) is 7.30. The van der Waals surface area contributed by atoms with Crippen LogP contribution in [0.15, 0.2) is 36.5 Å². The lowest BCUT2D eigenvalue weighted by molar-refractivity contribution is 0.0931. The van der Waals surface area contributed by atoms with Crippen LogP contribution in [0.2, 0.25) is 0 Å². The Morgan fingerprint density at radius 1 is 1.19 bits per heavy atom. The smallest absolute Gasteiger partial charge is 0.200 e. The summed E-state index contributed by atoms with van der Waals surface area (Å²) in [6, 6.07) is 6.93. The third kappa shape index (κ3) is 3.78. The third-order valence-electron chi connectivity index (χ3n) is 5.39. The monoisotopic (exact) mass is 374 g/mol. The molecule has 2 aliphatic rings. The molecule has 7 heteroatoms.